The van der Waals surface area contributed by atoms with E-state index in [1.807, 2.05) is 24.3 Å². The zero-order chi connectivity index (χ0) is 43.3. The lowest BCUT2D eigenvalue weighted by Gasteiger charge is -2.14. The number of benzene rings is 8. The van der Waals surface area contributed by atoms with Gasteiger partial charge in [-0.15, -0.1) is 0 Å². The van der Waals surface area contributed by atoms with Crippen molar-refractivity contribution in [3.8, 4) is 62.5 Å². The van der Waals surface area contributed by atoms with E-state index in [0.29, 0.717) is 62.1 Å². The summed E-state index contributed by atoms with van der Waals surface area (Å²) < 4.78 is 4.62. The van der Waals surface area contributed by atoms with E-state index >= 15 is 0 Å². The van der Waals surface area contributed by atoms with Gasteiger partial charge in [-0.1, -0.05) is 103 Å². The average Bonchev–Trinajstić information content (AvgIpc) is 3.88. The molecule has 0 unspecified atom stereocenters. The molecule has 0 saturated carbocycles. The molecule has 294 valence electrons. The molecule has 0 spiro atoms. The Balaban J connectivity index is 1.01. The van der Waals surface area contributed by atoms with Crippen molar-refractivity contribution in [3.05, 3.63) is 222 Å². The van der Waals surface area contributed by atoms with Gasteiger partial charge >= 0.3 is 0 Å². The molecule has 0 aliphatic rings. The number of rotatable bonds is 6. The Morgan fingerprint density at radius 2 is 0.969 bits per heavy atom. The van der Waals surface area contributed by atoms with Crippen molar-refractivity contribution in [1.29, 1.82) is 5.26 Å². The molecule has 0 saturated heterocycles. The Kier molecular flexibility index (Phi) is 8.85. The van der Waals surface area contributed by atoms with Crippen LogP contribution in [-0.2, 0) is 0 Å². The second-order valence-electron chi connectivity index (χ2n) is 15.4. The lowest BCUT2D eigenvalue weighted by Crippen LogP contribution is -1.98. The maximum atomic E-state index is 10.6. The molecular weight excluding hydrogens is 785 g/mol. The fourth-order valence-corrected chi connectivity index (χ4v) is 8.90. The summed E-state index contributed by atoms with van der Waals surface area (Å²) in [5.41, 5.74) is 12.3. The van der Waals surface area contributed by atoms with Crippen molar-refractivity contribution in [1.82, 2.24) is 19.1 Å². The summed E-state index contributed by atoms with van der Waals surface area (Å²) in [7, 11) is 0. The standard InChI is InChI=1S/C56H30N8/c1-58-39-14-10-12-36(28-39)49-33-51(62-56(61-49)37-13-11-15-40(29-37)59-2)47-32-50(60-3)46(30-38(47)34-57)35-22-24-41(25-23-35)63-54-21-9-6-18-45(54)48-31-42(26-27-55(48)63)64-52-19-7-4-16-43(52)44-17-5-8-20-53(44)64/h4-33H. The van der Waals surface area contributed by atoms with E-state index in [0.717, 1.165) is 49.8 Å². The monoisotopic (exact) mass is 814 g/mol. The molecule has 0 atom stereocenters. The van der Waals surface area contributed by atoms with Gasteiger partial charge < -0.3 is 9.13 Å². The number of hydrogen-bond acceptors (Lipinski definition) is 3. The highest BCUT2D eigenvalue weighted by molar-refractivity contribution is 6.12. The molecule has 0 N–H and O–H groups in total. The highest BCUT2D eigenvalue weighted by atomic mass is 15.0. The first-order valence-corrected chi connectivity index (χ1v) is 20.5. The molecule has 8 aromatic carbocycles. The summed E-state index contributed by atoms with van der Waals surface area (Å²) in [5.74, 6) is 0.354. The minimum atomic E-state index is 0.341. The van der Waals surface area contributed by atoms with Crippen molar-refractivity contribution in [2.45, 2.75) is 0 Å². The number of nitrogens with zero attached hydrogens (tertiary/aromatic N) is 8. The topological polar surface area (TPSA) is 72.5 Å². The number of aromatic nitrogens is 4. The lowest BCUT2D eigenvalue weighted by atomic mass is 9.95. The Morgan fingerprint density at radius 1 is 0.422 bits per heavy atom. The summed E-state index contributed by atoms with van der Waals surface area (Å²) in [6, 6.07) is 62.2. The first-order valence-electron chi connectivity index (χ1n) is 20.5. The summed E-state index contributed by atoms with van der Waals surface area (Å²) >= 11 is 0. The maximum absolute atomic E-state index is 10.6. The smallest absolute Gasteiger partial charge is 0.195 e. The van der Waals surface area contributed by atoms with Crippen molar-refractivity contribution in [2.24, 2.45) is 0 Å². The fourth-order valence-electron chi connectivity index (χ4n) is 8.90. The van der Waals surface area contributed by atoms with Crippen LogP contribution in [0.4, 0.5) is 17.1 Å². The Bertz CT molecular complexity index is 3770. The highest BCUT2D eigenvalue weighted by Gasteiger charge is 2.20. The molecule has 3 heterocycles. The van der Waals surface area contributed by atoms with Gasteiger partial charge in [0.25, 0.3) is 0 Å². The van der Waals surface area contributed by atoms with Crippen LogP contribution in [0.5, 0.6) is 0 Å². The van der Waals surface area contributed by atoms with E-state index < -0.39 is 0 Å². The van der Waals surface area contributed by atoms with Crippen LogP contribution < -0.4 is 0 Å². The second kappa shape index (κ2) is 15.1. The van der Waals surface area contributed by atoms with E-state index in [1.54, 1.807) is 54.6 Å². The van der Waals surface area contributed by atoms with E-state index in [4.69, 9.17) is 29.7 Å². The maximum Gasteiger partial charge on any atom is 0.195 e. The molecule has 0 amide bonds. The van der Waals surface area contributed by atoms with Crippen LogP contribution in [0.25, 0.3) is 115 Å². The first-order chi connectivity index (χ1) is 31.5. The van der Waals surface area contributed by atoms with Crippen LogP contribution in [0.3, 0.4) is 0 Å². The SMILES string of the molecule is [C-]#[N+]c1cccc(-c2cc(-c3cc([N+]#[C-])c(-c4ccc(-n5c6ccccc6c6cc(-n7c8ccccc8c8ccccc87)ccc65)cc4)cc3C#N)nc(-c3cccc([N+]#[C-])c3)n2)c1. The molecule has 64 heavy (non-hydrogen) atoms. The molecule has 0 bridgehead atoms. The molecule has 0 radical (unpaired) electrons. The number of nitriles is 1. The van der Waals surface area contributed by atoms with Crippen molar-refractivity contribution in [2.75, 3.05) is 0 Å². The molecule has 3 aromatic heterocycles. The average molecular weight is 815 g/mol. The van der Waals surface area contributed by atoms with Gasteiger partial charge in [-0.3, -0.25) is 0 Å². The third-order valence-corrected chi connectivity index (χ3v) is 11.8. The van der Waals surface area contributed by atoms with Gasteiger partial charge in [0.05, 0.1) is 64.8 Å². The van der Waals surface area contributed by atoms with Crippen LogP contribution in [0.1, 0.15) is 5.56 Å². The third kappa shape index (κ3) is 6.12. The van der Waals surface area contributed by atoms with E-state index in [-0.39, 0.29) is 0 Å². The predicted molar refractivity (Wildman–Crippen MR) is 256 cm³/mol. The summed E-state index contributed by atoms with van der Waals surface area (Å²) in [6.07, 6.45) is 0. The molecule has 11 aromatic rings. The Labute approximate surface area is 367 Å². The first kappa shape index (κ1) is 37.4. The molecule has 0 fully saturated rings. The van der Waals surface area contributed by atoms with Crippen molar-refractivity contribution < 1.29 is 0 Å². The van der Waals surface area contributed by atoms with Gasteiger partial charge in [0.15, 0.2) is 22.9 Å². The summed E-state index contributed by atoms with van der Waals surface area (Å²) in [4.78, 5) is 20.9. The third-order valence-electron chi connectivity index (χ3n) is 11.8. The second-order valence-corrected chi connectivity index (χ2v) is 15.4. The van der Waals surface area contributed by atoms with E-state index in [9.17, 15) is 5.26 Å². The Morgan fingerprint density at radius 3 is 1.59 bits per heavy atom. The van der Waals surface area contributed by atoms with Crippen molar-refractivity contribution in [3.63, 3.8) is 0 Å². The predicted octanol–water partition coefficient (Wildman–Crippen LogP) is 14.9. The van der Waals surface area contributed by atoms with Crippen LogP contribution in [0, 0.1) is 31.0 Å². The van der Waals surface area contributed by atoms with Crippen LogP contribution >= 0.6 is 0 Å². The van der Waals surface area contributed by atoms with Gasteiger partial charge in [0.1, 0.15) is 0 Å². The zero-order valence-electron chi connectivity index (χ0n) is 33.9. The zero-order valence-corrected chi connectivity index (χ0v) is 33.9. The molecule has 8 heteroatoms. The molecule has 0 aliphatic carbocycles. The summed E-state index contributed by atoms with van der Waals surface area (Å²) in [5, 5.41) is 15.4. The minimum Gasteiger partial charge on any atom is -0.309 e. The van der Waals surface area contributed by atoms with Gasteiger partial charge in [0.2, 0.25) is 0 Å². The lowest BCUT2D eigenvalue weighted by molar-refractivity contribution is 1.17. The number of hydrogen-bond donors (Lipinski definition) is 0. The molecule has 8 nitrogen and oxygen atoms in total. The fraction of sp³-hybridized carbons (Fsp3) is 0. The number of para-hydroxylation sites is 3. The van der Waals surface area contributed by atoms with Crippen LogP contribution in [0.2, 0.25) is 0 Å². The van der Waals surface area contributed by atoms with Crippen molar-refractivity contribution >= 4 is 60.7 Å². The molecule has 0 aliphatic heterocycles. The number of fused-ring (bicyclic) bond motifs is 6. The normalized spacial score (nSPS) is 11.1. The van der Waals surface area contributed by atoms with E-state index in [2.05, 4.69) is 133 Å². The quantitative estimate of drug-likeness (QED) is 0.157. The minimum absolute atomic E-state index is 0.341. The Hall–Kier alpha value is -9.60. The van der Waals surface area contributed by atoms with Gasteiger partial charge in [-0.25, -0.2) is 24.5 Å². The largest absolute Gasteiger partial charge is 0.309 e. The highest BCUT2D eigenvalue weighted by Crippen LogP contribution is 2.41. The van der Waals surface area contributed by atoms with Gasteiger partial charge in [-0.05, 0) is 95.6 Å². The molecular formula is C56H30N8. The van der Waals surface area contributed by atoms with E-state index in [1.165, 1.54) is 10.8 Å². The van der Waals surface area contributed by atoms with Crippen LogP contribution in [0.15, 0.2) is 182 Å². The summed E-state index contributed by atoms with van der Waals surface area (Å²) in [6.45, 7) is 23.4. The van der Waals surface area contributed by atoms with Crippen LogP contribution in [-0.4, -0.2) is 19.1 Å². The van der Waals surface area contributed by atoms with Gasteiger partial charge in [-0.2, -0.15) is 5.26 Å². The van der Waals surface area contributed by atoms with Gasteiger partial charge in [0, 0.05) is 44.0 Å². The molecule has 11 rings (SSSR count).